The molecule has 0 N–H and O–H groups in total. The zero-order valence-corrected chi connectivity index (χ0v) is 17.0. The first-order valence-electron chi connectivity index (χ1n) is 9.30. The molecule has 2 aromatic rings. The Morgan fingerprint density at radius 1 is 0.720 bits per heavy atom. The lowest BCUT2D eigenvalue weighted by molar-refractivity contribution is 0.516. The quantitative estimate of drug-likeness (QED) is 0.515. The molecule has 0 saturated carbocycles. The summed E-state index contributed by atoms with van der Waals surface area (Å²) in [5, 5.41) is 0. The molecular formula is C25H31. The summed E-state index contributed by atoms with van der Waals surface area (Å²) in [5.74, 6) is 0. The highest BCUT2D eigenvalue weighted by Crippen LogP contribution is 2.45. The Hall–Kier alpha value is -1.82. The van der Waals surface area contributed by atoms with E-state index in [1.165, 1.54) is 44.5 Å². The van der Waals surface area contributed by atoms with Crippen LogP contribution in [0.3, 0.4) is 0 Å². The van der Waals surface area contributed by atoms with Gasteiger partial charge in [-0.25, -0.2) is 0 Å². The van der Waals surface area contributed by atoms with E-state index in [9.17, 15) is 0 Å². The van der Waals surface area contributed by atoms with E-state index in [4.69, 9.17) is 0 Å². The standard InChI is InChI=1S/C25H31/c1-16-11-17(2)13-19(12-16)23-21-15-20(24(3,4)5)14-18(21)9-10-22(23)25(6,7)8/h9-15H,1-8H3. The van der Waals surface area contributed by atoms with Gasteiger partial charge in [0, 0.05) is 6.42 Å². The molecule has 0 nitrogen and oxygen atoms in total. The normalized spacial score (nSPS) is 14.5. The number of allylic oxidation sites excluding steroid dienone is 1. The molecular weight excluding hydrogens is 300 g/mol. The fourth-order valence-corrected chi connectivity index (χ4v) is 3.77. The fourth-order valence-electron chi connectivity index (χ4n) is 3.77. The summed E-state index contributed by atoms with van der Waals surface area (Å²) >= 11 is 0. The third-order valence-electron chi connectivity index (χ3n) is 5.07. The van der Waals surface area contributed by atoms with Crippen molar-refractivity contribution in [3.8, 4) is 11.1 Å². The van der Waals surface area contributed by atoms with Crippen molar-refractivity contribution in [3.63, 3.8) is 0 Å². The van der Waals surface area contributed by atoms with E-state index in [-0.39, 0.29) is 10.8 Å². The molecule has 25 heavy (non-hydrogen) atoms. The summed E-state index contributed by atoms with van der Waals surface area (Å²) in [6, 6.07) is 11.6. The van der Waals surface area contributed by atoms with Crippen LogP contribution in [-0.2, 0) is 5.41 Å². The highest BCUT2D eigenvalue weighted by Gasteiger charge is 2.28. The van der Waals surface area contributed by atoms with Crippen LogP contribution in [-0.4, -0.2) is 0 Å². The molecule has 3 rings (SSSR count). The highest BCUT2D eigenvalue weighted by molar-refractivity contribution is 5.86. The zero-order chi connectivity index (χ0) is 18.6. The van der Waals surface area contributed by atoms with Crippen LogP contribution in [0.5, 0.6) is 0 Å². The minimum absolute atomic E-state index is 0.111. The Kier molecular flexibility index (Phi) is 4.22. The van der Waals surface area contributed by atoms with E-state index in [0.717, 1.165) is 0 Å². The molecule has 0 heteroatoms. The lowest BCUT2D eigenvalue weighted by Gasteiger charge is -2.25. The summed E-state index contributed by atoms with van der Waals surface area (Å²) in [7, 11) is 0. The van der Waals surface area contributed by atoms with Gasteiger partial charge in [0.15, 0.2) is 0 Å². The Bertz CT molecular complexity index is 829. The molecule has 131 valence electrons. The van der Waals surface area contributed by atoms with Gasteiger partial charge in [0.25, 0.3) is 0 Å². The van der Waals surface area contributed by atoms with Gasteiger partial charge in [-0.05, 0) is 52.5 Å². The Balaban J connectivity index is 2.32. The largest absolute Gasteiger partial charge is 0.0576 e. The molecule has 0 aliphatic heterocycles. The second-order valence-electron chi connectivity index (χ2n) is 9.61. The molecule has 1 radical (unpaired) electrons. The van der Waals surface area contributed by atoms with Gasteiger partial charge in [-0.15, -0.1) is 0 Å². The maximum absolute atomic E-state index is 2.41. The van der Waals surface area contributed by atoms with Crippen molar-refractivity contribution in [1.82, 2.24) is 0 Å². The van der Waals surface area contributed by atoms with Crippen molar-refractivity contribution in [2.24, 2.45) is 5.41 Å². The second kappa shape index (κ2) is 5.87. The molecule has 0 heterocycles. The maximum Gasteiger partial charge on any atom is 0.0170 e. The van der Waals surface area contributed by atoms with Crippen LogP contribution < -0.4 is 0 Å². The van der Waals surface area contributed by atoms with Gasteiger partial charge in [0.05, 0.1) is 0 Å². The molecule has 0 bridgehead atoms. The minimum Gasteiger partial charge on any atom is -0.0576 e. The van der Waals surface area contributed by atoms with Crippen LogP contribution in [0.4, 0.5) is 0 Å². The van der Waals surface area contributed by atoms with Crippen LogP contribution in [0.2, 0.25) is 0 Å². The summed E-state index contributed by atoms with van der Waals surface area (Å²) < 4.78 is 0. The van der Waals surface area contributed by atoms with E-state index in [0.29, 0.717) is 0 Å². The number of aryl methyl sites for hydroxylation is 2. The first-order valence-corrected chi connectivity index (χ1v) is 9.30. The van der Waals surface area contributed by atoms with E-state index < -0.39 is 0 Å². The van der Waals surface area contributed by atoms with Crippen molar-refractivity contribution >= 4 is 6.08 Å². The van der Waals surface area contributed by atoms with Gasteiger partial charge in [-0.1, -0.05) is 94.7 Å². The topological polar surface area (TPSA) is 0 Å². The highest BCUT2D eigenvalue weighted by atomic mass is 14.3. The van der Waals surface area contributed by atoms with Crippen LogP contribution in [0.25, 0.3) is 17.2 Å². The predicted molar refractivity (Wildman–Crippen MR) is 111 cm³/mol. The summed E-state index contributed by atoms with van der Waals surface area (Å²) in [5.41, 5.74) is 11.3. The third kappa shape index (κ3) is 3.45. The number of rotatable bonds is 1. The van der Waals surface area contributed by atoms with Gasteiger partial charge >= 0.3 is 0 Å². The molecule has 0 fully saturated rings. The SMILES string of the molecule is Cc1cc(C)cc(-c2c(C(C)(C)C)ccc3c2C=C(C(C)(C)C)[CH]3)c1. The molecule has 0 unspecified atom stereocenters. The van der Waals surface area contributed by atoms with Crippen LogP contribution in [0.1, 0.15) is 69.4 Å². The van der Waals surface area contributed by atoms with Crippen LogP contribution in [0, 0.1) is 25.7 Å². The van der Waals surface area contributed by atoms with E-state index in [1.54, 1.807) is 0 Å². The van der Waals surface area contributed by atoms with Gasteiger partial charge < -0.3 is 0 Å². The third-order valence-corrected chi connectivity index (χ3v) is 5.07. The van der Waals surface area contributed by atoms with Crippen LogP contribution >= 0.6 is 0 Å². The summed E-state index contributed by atoms with van der Waals surface area (Å²) in [6.45, 7) is 18.2. The van der Waals surface area contributed by atoms with E-state index in [2.05, 4.69) is 98.2 Å². The van der Waals surface area contributed by atoms with Gasteiger partial charge in [-0.2, -0.15) is 0 Å². The van der Waals surface area contributed by atoms with Crippen molar-refractivity contribution in [2.75, 3.05) is 0 Å². The maximum atomic E-state index is 2.41. The fraction of sp³-hybridized carbons (Fsp3) is 0.400. The van der Waals surface area contributed by atoms with E-state index in [1.807, 2.05) is 0 Å². The number of benzene rings is 2. The molecule has 0 atom stereocenters. The average molecular weight is 332 g/mol. The van der Waals surface area contributed by atoms with Crippen molar-refractivity contribution in [3.05, 3.63) is 70.1 Å². The van der Waals surface area contributed by atoms with E-state index >= 15 is 0 Å². The number of hydrogen-bond donors (Lipinski definition) is 0. The first-order chi connectivity index (χ1) is 11.5. The molecule has 1 aliphatic rings. The number of hydrogen-bond acceptors (Lipinski definition) is 0. The summed E-state index contributed by atoms with van der Waals surface area (Å²) in [6.07, 6.45) is 4.78. The van der Waals surface area contributed by atoms with Crippen LogP contribution in [0.15, 0.2) is 35.9 Å². The molecule has 0 aromatic heterocycles. The second-order valence-corrected chi connectivity index (χ2v) is 9.61. The molecule has 2 aromatic carbocycles. The predicted octanol–water partition coefficient (Wildman–Crippen LogP) is 7.26. The molecule has 0 spiro atoms. The summed E-state index contributed by atoms with van der Waals surface area (Å²) in [4.78, 5) is 0. The Morgan fingerprint density at radius 3 is 1.84 bits per heavy atom. The first kappa shape index (κ1) is 18.0. The monoisotopic (exact) mass is 331 g/mol. The Morgan fingerprint density at radius 2 is 1.32 bits per heavy atom. The van der Waals surface area contributed by atoms with Crippen molar-refractivity contribution in [2.45, 2.75) is 60.8 Å². The van der Waals surface area contributed by atoms with Gasteiger partial charge in [0.1, 0.15) is 0 Å². The molecule has 1 aliphatic carbocycles. The van der Waals surface area contributed by atoms with Crippen molar-refractivity contribution in [1.29, 1.82) is 0 Å². The lowest BCUT2D eigenvalue weighted by atomic mass is 9.79. The molecule has 0 saturated heterocycles. The van der Waals surface area contributed by atoms with Crippen molar-refractivity contribution < 1.29 is 0 Å². The van der Waals surface area contributed by atoms with Gasteiger partial charge in [-0.3, -0.25) is 0 Å². The lowest BCUT2D eigenvalue weighted by Crippen LogP contribution is -2.14. The zero-order valence-electron chi connectivity index (χ0n) is 17.0. The Labute approximate surface area is 154 Å². The van der Waals surface area contributed by atoms with Gasteiger partial charge in [0.2, 0.25) is 0 Å². The number of fused-ring (bicyclic) bond motifs is 1. The average Bonchev–Trinajstić information content (AvgIpc) is 2.88. The molecule has 0 amide bonds. The minimum atomic E-state index is 0.111. The smallest absolute Gasteiger partial charge is 0.0170 e.